The van der Waals surface area contributed by atoms with Gasteiger partial charge in [0.1, 0.15) is 0 Å². The van der Waals surface area contributed by atoms with E-state index in [1.807, 2.05) is 5.43 Å². The number of hydrogen-bond acceptors (Lipinski definition) is 3. The maximum Gasteiger partial charge on any atom is 0.345 e. The first-order valence-electron chi connectivity index (χ1n) is 3.30. The van der Waals surface area contributed by atoms with E-state index in [0.717, 1.165) is 24.3 Å². The first-order chi connectivity index (χ1) is 4.75. The van der Waals surface area contributed by atoms with Gasteiger partial charge in [0.15, 0.2) is 0 Å². The van der Waals surface area contributed by atoms with Gasteiger partial charge in [-0.2, -0.15) is 0 Å². The number of rotatable bonds is 1. The largest absolute Gasteiger partial charge is 0.345 e. The van der Waals surface area contributed by atoms with Crippen LogP contribution in [0.4, 0.5) is 4.79 Å². The van der Waals surface area contributed by atoms with Crippen LogP contribution in [-0.4, -0.2) is 17.1 Å². The molecule has 0 aliphatic heterocycles. The molecule has 58 valence electrons. The van der Waals surface area contributed by atoms with Gasteiger partial charge in [0, 0.05) is 6.04 Å². The van der Waals surface area contributed by atoms with E-state index in [0.29, 0.717) is 0 Å². The third-order valence-electron chi connectivity index (χ3n) is 1.83. The van der Waals surface area contributed by atoms with Crippen molar-refractivity contribution in [3.63, 3.8) is 0 Å². The number of carbonyl (C=O) groups is 1. The Hall–Kier alpha value is -0.810. The van der Waals surface area contributed by atoms with E-state index >= 15 is 0 Å². The minimum atomic E-state index is -0.412. The number of urea groups is 1. The van der Waals surface area contributed by atoms with Crippen molar-refractivity contribution < 1.29 is 4.79 Å². The maximum absolute atomic E-state index is 10.7. The summed E-state index contributed by atoms with van der Waals surface area (Å²) in [4.78, 5) is 10.7. The third-order valence-corrected chi connectivity index (χ3v) is 1.83. The average Bonchev–Trinajstić information content (AvgIpc) is 1.82. The summed E-state index contributed by atoms with van der Waals surface area (Å²) in [5.74, 6) is 10.2. The second-order valence-corrected chi connectivity index (χ2v) is 2.44. The summed E-state index contributed by atoms with van der Waals surface area (Å²) in [5, 5.41) is 1.16. The number of carbonyl (C=O) groups excluding carboxylic acids is 1. The second kappa shape index (κ2) is 2.85. The Kier molecular flexibility index (Phi) is 2.08. The van der Waals surface area contributed by atoms with Crippen LogP contribution in [0.15, 0.2) is 0 Å². The predicted octanol–water partition coefficient (Wildman–Crippen LogP) is -0.702. The average molecular weight is 144 g/mol. The van der Waals surface area contributed by atoms with E-state index in [1.165, 1.54) is 0 Å². The fourth-order valence-electron chi connectivity index (χ4n) is 0.905. The third kappa shape index (κ3) is 1.19. The summed E-state index contributed by atoms with van der Waals surface area (Å²) < 4.78 is 0. The lowest BCUT2D eigenvalue weighted by Gasteiger charge is -2.33. The SMILES string of the molecule is NNC(=O)N(N)C1CCC1. The van der Waals surface area contributed by atoms with Crippen LogP contribution in [-0.2, 0) is 0 Å². The van der Waals surface area contributed by atoms with Crippen LogP contribution in [0.5, 0.6) is 0 Å². The van der Waals surface area contributed by atoms with Crippen LogP contribution in [0.2, 0.25) is 0 Å². The molecule has 5 nitrogen and oxygen atoms in total. The minimum absolute atomic E-state index is 0.198. The number of hydrogen-bond donors (Lipinski definition) is 3. The number of hydrazine groups is 2. The zero-order valence-electron chi connectivity index (χ0n) is 5.71. The normalized spacial score (nSPS) is 17.8. The molecule has 0 aromatic rings. The van der Waals surface area contributed by atoms with Gasteiger partial charge in [-0.1, -0.05) is 0 Å². The van der Waals surface area contributed by atoms with Crippen molar-refractivity contribution in [2.24, 2.45) is 11.7 Å². The molecular weight excluding hydrogens is 132 g/mol. The van der Waals surface area contributed by atoms with E-state index in [4.69, 9.17) is 11.7 Å². The van der Waals surface area contributed by atoms with Crippen LogP contribution in [0.1, 0.15) is 19.3 Å². The molecule has 5 heteroatoms. The number of amides is 2. The Morgan fingerprint density at radius 2 is 2.20 bits per heavy atom. The van der Waals surface area contributed by atoms with Gasteiger partial charge >= 0.3 is 6.03 Å². The monoisotopic (exact) mass is 144 g/mol. The van der Waals surface area contributed by atoms with Crippen LogP contribution in [0.25, 0.3) is 0 Å². The first kappa shape index (κ1) is 7.30. The standard InChI is InChI=1S/C5H12N4O/c6-8-5(10)9(7)4-2-1-3-4/h4H,1-3,6-7H2,(H,8,10). The molecule has 1 saturated carbocycles. The highest BCUT2D eigenvalue weighted by molar-refractivity contribution is 5.73. The van der Waals surface area contributed by atoms with E-state index in [1.54, 1.807) is 0 Å². The highest BCUT2D eigenvalue weighted by atomic mass is 16.2. The molecule has 1 aliphatic rings. The van der Waals surface area contributed by atoms with E-state index in [9.17, 15) is 4.79 Å². The Labute approximate surface area is 59.3 Å². The highest BCUT2D eigenvalue weighted by Gasteiger charge is 2.25. The van der Waals surface area contributed by atoms with Gasteiger partial charge in [-0.15, -0.1) is 0 Å². The summed E-state index contributed by atoms with van der Waals surface area (Å²) in [5.41, 5.74) is 1.98. The smallest absolute Gasteiger partial charge is 0.275 e. The van der Waals surface area contributed by atoms with Crippen molar-refractivity contribution in [2.45, 2.75) is 25.3 Å². The molecule has 0 spiro atoms. The molecule has 5 N–H and O–H groups in total. The van der Waals surface area contributed by atoms with Gasteiger partial charge in [-0.25, -0.2) is 16.5 Å². The van der Waals surface area contributed by atoms with Crippen molar-refractivity contribution >= 4 is 6.03 Å². The molecule has 1 rings (SSSR count). The fraction of sp³-hybridized carbons (Fsp3) is 0.800. The van der Waals surface area contributed by atoms with Crippen LogP contribution >= 0.6 is 0 Å². The van der Waals surface area contributed by atoms with Crippen molar-refractivity contribution in [3.05, 3.63) is 0 Å². The molecule has 1 fully saturated rings. The maximum atomic E-state index is 10.7. The van der Waals surface area contributed by atoms with Crippen LogP contribution < -0.4 is 17.1 Å². The first-order valence-corrected chi connectivity index (χ1v) is 3.30. The van der Waals surface area contributed by atoms with Crippen LogP contribution in [0, 0.1) is 0 Å². The lowest BCUT2D eigenvalue weighted by Crippen LogP contribution is -2.54. The Bertz CT molecular complexity index is 134. The lowest BCUT2D eigenvalue weighted by atomic mass is 9.93. The summed E-state index contributed by atoms with van der Waals surface area (Å²) in [7, 11) is 0. The molecule has 0 radical (unpaired) electrons. The van der Waals surface area contributed by atoms with E-state index in [2.05, 4.69) is 0 Å². The molecule has 0 heterocycles. The minimum Gasteiger partial charge on any atom is -0.275 e. The quantitative estimate of drug-likeness (QED) is 0.258. The zero-order chi connectivity index (χ0) is 7.56. The highest BCUT2D eigenvalue weighted by Crippen LogP contribution is 2.21. The van der Waals surface area contributed by atoms with Gasteiger partial charge in [-0.3, -0.25) is 10.4 Å². The number of nitrogens with zero attached hydrogens (tertiary/aromatic N) is 1. The molecule has 0 atom stereocenters. The van der Waals surface area contributed by atoms with Gasteiger partial charge in [0.2, 0.25) is 0 Å². The van der Waals surface area contributed by atoms with Crippen molar-refractivity contribution in [3.8, 4) is 0 Å². The predicted molar refractivity (Wildman–Crippen MR) is 36.4 cm³/mol. The second-order valence-electron chi connectivity index (χ2n) is 2.44. The zero-order valence-corrected chi connectivity index (χ0v) is 5.71. The lowest BCUT2D eigenvalue weighted by molar-refractivity contribution is 0.139. The summed E-state index contributed by atoms with van der Waals surface area (Å²) in [6.07, 6.45) is 3.13. The molecule has 0 aromatic carbocycles. The fourth-order valence-corrected chi connectivity index (χ4v) is 0.905. The molecule has 0 saturated heterocycles. The van der Waals surface area contributed by atoms with Crippen molar-refractivity contribution in [1.82, 2.24) is 10.4 Å². The molecule has 1 aliphatic carbocycles. The summed E-state index contributed by atoms with van der Waals surface area (Å²) >= 11 is 0. The molecule has 0 aromatic heterocycles. The molecular formula is C5H12N4O. The molecule has 10 heavy (non-hydrogen) atoms. The summed E-state index contributed by atoms with van der Waals surface area (Å²) in [6, 6.07) is -0.215. The molecule has 0 unspecified atom stereocenters. The summed E-state index contributed by atoms with van der Waals surface area (Å²) in [6.45, 7) is 0. The van der Waals surface area contributed by atoms with Gasteiger partial charge < -0.3 is 0 Å². The number of nitrogens with one attached hydrogen (secondary N) is 1. The van der Waals surface area contributed by atoms with E-state index < -0.39 is 6.03 Å². The Balaban J connectivity index is 2.31. The topological polar surface area (TPSA) is 84.4 Å². The Morgan fingerprint density at radius 3 is 2.50 bits per heavy atom. The van der Waals surface area contributed by atoms with Gasteiger partial charge in [0.05, 0.1) is 0 Å². The number of nitrogens with two attached hydrogens (primary N) is 2. The molecule has 0 bridgehead atoms. The van der Waals surface area contributed by atoms with Crippen LogP contribution in [0.3, 0.4) is 0 Å². The van der Waals surface area contributed by atoms with E-state index in [-0.39, 0.29) is 6.04 Å². The van der Waals surface area contributed by atoms with Crippen molar-refractivity contribution in [1.29, 1.82) is 0 Å². The van der Waals surface area contributed by atoms with Crippen molar-refractivity contribution in [2.75, 3.05) is 0 Å². The Morgan fingerprint density at radius 1 is 1.60 bits per heavy atom. The van der Waals surface area contributed by atoms with Gasteiger partial charge in [-0.05, 0) is 19.3 Å². The molecule has 2 amide bonds. The van der Waals surface area contributed by atoms with Gasteiger partial charge in [0.25, 0.3) is 0 Å².